The number of hydrogen-bond donors (Lipinski definition) is 1. The van der Waals surface area contributed by atoms with Crippen LogP contribution in [0, 0.1) is 0 Å². The molecule has 2 unspecified atom stereocenters. The molecule has 0 aromatic heterocycles. The van der Waals surface area contributed by atoms with Crippen molar-refractivity contribution in [2.24, 2.45) is 0 Å². The van der Waals surface area contributed by atoms with Crippen molar-refractivity contribution >= 4 is 0 Å². The standard InChI is InChI=1S/C10H21NO2/c1-9(4-7-13-3)11-6-5-10(2,12)8-11/h9,12H,4-8H2,1-3H3. The van der Waals surface area contributed by atoms with Gasteiger partial charge >= 0.3 is 0 Å². The Balaban J connectivity index is 2.29. The zero-order valence-corrected chi connectivity index (χ0v) is 8.92. The maximum atomic E-state index is 9.77. The molecule has 0 bridgehead atoms. The van der Waals surface area contributed by atoms with E-state index in [0.29, 0.717) is 6.04 Å². The molecule has 0 aromatic carbocycles. The molecule has 3 nitrogen and oxygen atoms in total. The fourth-order valence-corrected chi connectivity index (χ4v) is 1.83. The number of ether oxygens (including phenoxy) is 1. The molecule has 0 aliphatic carbocycles. The summed E-state index contributed by atoms with van der Waals surface area (Å²) in [7, 11) is 1.73. The highest BCUT2D eigenvalue weighted by Gasteiger charge is 2.33. The highest BCUT2D eigenvalue weighted by Crippen LogP contribution is 2.22. The van der Waals surface area contributed by atoms with E-state index >= 15 is 0 Å². The number of nitrogens with zero attached hydrogens (tertiary/aromatic N) is 1. The average molecular weight is 187 g/mol. The van der Waals surface area contributed by atoms with E-state index in [1.807, 2.05) is 6.92 Å². The third kappa shape index (κ3) is 3.25. The first kappa shape index (κ1) is 11.0. The summed E-state index contributed by atoms with van der Waals surface area (Å²) in [6, 6.07) is 0.522. The van der Waals surface area contributed by atoms with Gasteiger partial charge in [0, 0.05) is 32.8 Å². The van der Waals surface area contributed by atoms with E-state index in [4.69, 9.17) is 4.74 Å². The van der Waals surface area contributed by atoms with Crippen LogP contribution in [0.3, 0.4) is 0 Å². The number of hydrogen-bond acceptors (Lipinski definition) is 3. The topological polar surface area (TPSA) is 32.7 Å². The van der Waals surface area contributed by atoms with Gasteiger partial charge in [-0.1, -0.05) is 0 Å². The summed E-state index contributed by atoms with van der Waals surface area (Å²) in [5.74, 6) is 0. The third-order valence-electron chi connectivity index (χ3n) is 2.84. The Morgan fingerprint density at radius 3 is 2.77 bits per heavy atom. The molecule has 1 N–H and O–H groups in total. The minimum atomic E-state index is -0.471. The van der Waals surface area contributed by atoms with Crippen LogP contribution in [0.1, 0.15) is 26.7 Å². The highest BCUT2D eigenvalue weighted by molar-refractivity contribution is 4.88. The second kappa shape index (κ2) is 4.40. The Labute approximate surface area is 80.7 Å². The van der Waals surface area contributed by atoms with Crippen LogP contribution in [-0.2, 0) is 4.74 Å². The lowest BCUT2D eigenvalue weighted by molar-refractivity contribution is 0.0598. The van der Waals surface area contributed by atoms with Crippen molar-refractivity contribution < 1.29 is 9.84 Å². The van der Waals surface area contributed by atoms with E-state index in [2.05, 4.69) is 11.8 Å². The summed E-state index contributed by atoms with van der Waals surface area (Å²) in [5, 5.41) is 9.77. The first-order valence-corrected chi connectivity index (χ1v) is 5.00. The van der Waals surface area contributed by atoms with E-state index in [1.54, 1.807) is 7.11 Å². The normalized spacial score (nSPS) is 32.3. The molecule has 0 aromatic rings. The lowest BCUT2D eigenvalue weighted by Crippen LogP contribution is -2.35. The molecule has 1 heterocycles. The minimum absolute atomic E-state index is 0.471. The van der Waals surface area contributed by atoms with E-state index in [-0.39, 0.29) is 0 Å². The van der Waals surface area contributed by atoms with E-state index < -0.39 is 5.60 Å². The quantitative estimate of drug-likeness (QED) is 0.709. The molecule has 0 radical (unpaired) electrons. The Bertz CT molecular complexity index is 159. The van der Waals surface area contributed by atoms with E-state index in [1.165, 1.54) is 0 Å². The highest BCUT2D eigenvalue weighted by atomic mass is 16.5. The molecule has 3 heteroatoms. The lowest BCUT2D eigenvalue weighted by Gasteiger charge is -2.25. The van der Waals surface area contributed by atoms with Gasteiger partial charge in [0.15, 0.2) is 0 Å². The first-order valence-electron chi connectivity index (χ1n) is 5.00. The third-order valence-corrected chi connectivity index (χ3v) is 2.84. The first-order chi connectivity index (χ1) is 6.05. The molecule has 78 valence electrons. The van der Waals surface area contributed by atoms with Gasteiger partial charge in [0.25, 0.3) is 0 Å². The van der Waals surface area contributed by atoms with Gasteiger partial charge in [0.05, 0.1) is 5.60 Å². The molecule has 2 atom stereocenters. The van der Waals surface area contributed by atoms with Crippen molar-refractivity contribution in [2.45, 2.75) is 38.3 Å². The average Bonchev–Trinajstić information content (AvgIpc) is 2.42. The molecule has 1 fully saturated rings. The monoisotopic (exact) mass is 187 g/mol. The van der Waals surface area contributed by atoms with Gasteiger partial charge in [0.1, 0.15) is 0 Å². The molecule has 0 saturated carbocycles. The van der Waals surface area contributed by atoms with Crippen LogP contribution in [0.15, 0.2) is 0 Å². The summed E-state index contributed by atoms with van der Waals surface area (Å²) in [4.78, 5) is 2.33. The van der Waals surface area contributed by atoms with Gasteiger partial charge in [-0.05, 0) is 26.7 Å². The lowest BCUT2D eigenvalue weighted by atomic mass is 10.1. The zero-order chi connectivity index (χ0) is 9.90. The van der Waals surface area contributed by atoms with Crippen LogP contribution < -0.4 is 0 Å². The van der Waals surface area contributed by atoms with Crippen LogP contribution in [0.2, 0.25) is 0 Å². The number of aliphatic hydroxyl groups is 1. The van der Waals surface area contributed by atoms with Crippen molar-refractivity contribution in [3.05, 3.63) is 0 Å². The Morgan fingerprint density at radius 2 is 2.31 bits per heavy atom. The molecule has 1 rings (SSSR count). The van der Waals surface area contributed by atoms with Gasteiger partial charge < -0.3 is 9.84 Å². The number of methoxy groups -OCH3 is 1. The maximum absolute atomic E-state index is 9.77. The van der Waals surface area contributed by atoms with Crippen LogP contribution >= 0.6 is 0 Å². The van der Waals surface area contributed by atoms with Gasteiger partial charge in [-0.2, -0.15) is 0 Å². The van der Waals surface area contributed by atoms with E-state index in [9.17, 15) is 5.11 Å². The number of β-amino-alcohol motifs (C(OH)–C–C–N with tert-alkyl or cyclic N) is 1. The molecule has 0 spiro atoms. The predicted molar refractivity (Wildman–Crippen MR) is 52.8 cm³/mol. The fourth-order valence-electron chi connectivity index (χ4n) is 1.83. The predicted octanol–water partition coefficient (Wildman–Crippen LogP) is 0.868. The smallest absolute Gasteiger partial charge is 0.0758 e. The summed E-state index contributed by atoms with van der Waals surface area (Å²) in [5.41, 5.74) is -0.471. The van der Waals surface area contributed by atoms with Crippen molar-refractivity contribution in [3.63, 3.8) is 0 Å². The molecule has 13 heavy (non-hydrogen) atoms. The molecule has 1 aliphatic rings. The summed E-state index contributed by atoms with van der Waals surface area (Å²) >= 11 is 0. The Morgan fingerprint density at radius 1 is 1.62 bits per heavy atom. The van der Waals surface area contributed by atoms with Gasteiger partial charge in [-0.25, -0.2) is 0 Å². The van der Waals surface area contributed by atoms with Crippen LogP contribution in [0.4, 0.5) is 0 Å². The SMILES string of the molecule is COCCC(C)N1CCC(C)(O)C1. The van der Waals surface area contributed by atoms with Crippen LogP contribution in [0.25, 0.3) is 0 Å². The van der Waals surface area contributed by atoms with Crippen LogP contribution in [-0.4, -0.2) is 48.5 Å². The molecule has 0 amide bonds. The molecular weight excluding hydrogens is 166 g/mol. The Kier molecular flexibility index (Phi) is 3.71. The Hall–Kier alpha value is -0.120. The number of likely N-dealkylation sites (tertiary alicyclic amines) is 1. The summed E-state index contributed by atoms with van der Waals surface area (Å²) in [6.07, 6.45) is 1.94. The van der Waals surface area contributed by atoms with Crippen LogP contribution in [0.5, 0.6) is 0 Å². The zero-order valence-electron chi connectivity index (χ0n) is 8.92. The van der Waals surface area contributed by atoms with Crippen molar-refractivity contribution in [3.8, 4) is 0 Å². The van der Waals surface area contributed by atoms with Crippen molar-refractivity contribution in [2.75, 3.05) is 26.8 Å². The van der Waals surface area contributed by atoms with E-state index in [0.717, 1.165) is 32.5 Å². The van der Waals surface area contributed by atoms with Gasteiger partial charge in [-0.3, -0.25) is 4.90 Å². The minimum Gasteiger partial charge on any atom is -0.389 e. The molecular formula is C10H21NO2. The van der Waals surface area contributed by atoms with Crippen molar-refractivity contribution in [1.82, 2.24) is 4.90 Å². The second-order valence-electron chi connectivity index (χ2n) is 4.35. The maximum Gasteiger partial charge on any atom is 0.0758 e. The summed E-state index contributed by atoms with van der Waals surface area (Å²) in [6.45, 7) is 6.73. The van der Waals surface area contributed by atoms with Crippen molar-refractivity contribution in [1.29, 1.82) is 0 Å². The van der Waals surface area contributed by atoms with Gasteiger partial charge in [-0.15, -0.1) is 0 Å². The largest absolute Gasteiger partial charge is 0.389 e. The molecule has 1 aliphatic heterocycles. The fraction of sp³-hybridized carbons (Fsp3) is 1.00. The van der Waals surface area contributed by atoms with Gasteiger partial charge in [0.2, 0.25) is 0 Å². The molecule has 1 saturated heterocycles. The summed E-state index contributed by atoms with van der Waals surface area (Å²) < 4.78 is 5.03. The second-order valence-corrected chi connectivity index (χ2v) is 4.35. The number of rotatable bonds is 4.